The molecule has 0 aliphatic carbocycles. The van der Waals surface area contributed by atoms with Crippen LogP contribution in [0.4, 0.5) is 0 Å². The van der Waals surface area contributed by atoms with Crippen LogP contribution < -0.4 is 56.8 Å². The lowest BCUT2D eigenvalue weighted by Crippen LogP contribution is -2.20. The second-order valence-electron chi connectivity index (χ2n) is 27.7. The monoisotopic (exact) mass is 1530 g/mol. The van der Waals surface area contributed by atoms with Gasteiger partial charge in [-0.2, -0.15) is 0 Å². The van der Waals surface area contributed by atoms with Gasteiger partial charge in [0.25, 0.3) is 0 Å². The smallest absolute Gasteiger partial charge is 0.347 e. The van der Waals surface area contributed by atoms with Crippen LogP contribution in [0.25, 0.3) is 0 Å². The molecule has 0 aliphatic heterocycles. The van der Waals surface area contributed by atoms with Crippen molar-refractivity contribution in [3.8, 4) is 69.0 Å². The topological polar surface area (TPSA) is 232 Å². The molecule has 113 heavy (non-hydrogen) atoms. The molecular weight excluding hydrogens is 1440 g/mol. The Labute approximate surface area is 660 Å². The molecule has 20 nitrogen and oxygen atoms in total. The number of ether oxygens (including phenoxy) is 14. The number of carbonyl (C=O) groups excluding carboxylic acids is 6. The molecule has 0 saturated heterocycles. The first-order valence-electron chi connectivity index (χ1n) is 36.6. The Morgan fingerprint density at radius 2 is 0.389 bits per heavy atom. The number of hydrogen-bond acceptors (Lipinski definition) is 20. The molecule has 0 saturated carbocycles. The molecule has 0 atom stereocenters. The van der Waals surface area contributed by atoms with Gasteiger partial charge in [-0.15, -0.1) is 0 Å². The summed E-state index contributed by atoms with van der Waals surface area (Å²) in [4.78, 5) is 89.3. The maximum atomic E-state index is 15.3. The molecule has 20 heteroatoms. The molecule has 0 aromatic heterocycles. The van der Waals surface area contributed by atoms with Gasteiger partial charge in [-0.1, -0.05) is 121 Å². The van der Waals surface area contributed by atoms with Crippen molar-refractivity contribution in [2.45, 2.75) is 129 Å². The molecule has 0 aliphatic rings. The number of methoxy groups -OCH3 is 8. The van der Waals surface area contributed by atoms with Crippen molar-refractivity contribution in [2.24, 2.45) is 0 Å². The molecular formula is C93H96O20. The van der Waals surface area contributed by atoms with Gasteiger partial charge < -0.3 is 66.3 Å². The molecule has 0 fully saturated rings. The lowest BCUT2D eigenvalue weighted by Gasteiger charge is -2.26. The first kappa shape index (κ1) is 82.9. The molecule has 10 aromatic rings. The third kappa shape index (κ3) is 15.4. The largest absolute Gasteiger partial charge is 0.496 e. The van der Waals surface area contributed by atoms with Crippen LogP contribution in [-0.2, 0) is 15.9 Å². The van der Waals surface area contributed by atoms with E-state index >= 15 is 9.59 Å². The number of carbonyl (C=O) groups is 6. The third-order valence-corrected chi connectivity index (χ3v) is 21.6. The van der Waals surface area contributed by atoms with E-state index in [9.17, 15) is 19.2 Å². The minimum atomic E-state index is -0.818. The Hall–Kier alpha value is -12.6. The summed E-state index contributed by atoms with van der Waals surface area (Å²) < 4.78 is 86.5. The van der Waals surface area contributed by atoms with Crippen molar-refractivity contribution in [2.75, 3.05) is 56.9 Å². The molecule has 0 heterocycles. The van der Waals surface area contributed by atoms with Gasteiger partial charge in [0.2, 0.25) is 0 Å². The fraction of sp³-hybridized carbons (Fsp3) is 0.290. The first-order valence-corrected chi connectivity index (χ1v) is 36.6. The van der Waals surface area contributed by atoms with E-state index in [0.29, 0.717) is 112 Å². The summed E-state index contributed by atoms with van der Waals surface area (Å²) in [7, 11) is 11.5. The fourth-order valence-electron chi connectivity index (χ4n) is 15.3. The summed E-state index contributed by atoms with van der Waals surface area (Å²) >= 11 is 0. The summed E-state index contributed by atoms with van der Waals surface area (Å²) in [6.07, 6.45) is -1.49. The number of rotatable bonds is 26. The van der Waals surface area contributed by atoms with Crippen LogP contribution in [0, 0.1) is 111 Å². The second kappa shape index (κ2) is 34.8. The summed E-state index contributed by atoms with van der Waals surface area (Å²) in [5.41, 5.74) is 11.2. The van der Waals surface area contributed by atoms with Crippen LogP contribution in [-0.4, -0.2) is 92.7 Å². The Morgan fingerprint density at radius 3 is 0.584 bits per heavy atom. The summed E-state index contributed by atoms with van der Waals surface area (Å²) in [6.45, 7) is 27.5. The normalized spacial score (nSPS) is 11.1. The van der Waals surface area contributed by atoms with Gasteiger partial charge in [0.05, 0.1) is 56.9 Å². The van der Waals surface area contributed by atoms with Crippen LogP contribution in [0.15, 0.2) is 121 Å². The highest BCUT2D eigenvalue weighted by Gasteiger charge is 2.38. The lowest BCUT2D eigenvalue weighted by molar-refractivity contribution is 0.0364. The van der Waals surface area contributed by atoms with E-state index in [1.807, 2.05) is 121 Å². The molecule has 10 rings (SSSR count). The zero-order valence-corrected chi connectivity index (χ0v) is 68.6. The van der Waals surface area contributed by atoms with E-state index in [-0.39, 0.29) is 97.3 Å². The highest BCUT2D eigenvalue weighted by Crippen LogP contribution is 2.49. The Kier molecular flexibility index (Phi) is 25.5. The van der Waals surface area contributed by atoms with Gasteiger partial charge in [0.15, 0.2) is 12.2 Å². The van der Waals surface area contributed by atoms with Crippen LogP contribution in [0.1, 0.15) is 197 Å². The average Bonchev–Trinajstić information content (AvgIpc) is 0.754. The van der Waals surface area contributed by atoms with Gasteiger partial charge >= 0.3 is 35.8 Å². The molecule has 588 valence electrons. The van der Waals surface area contributed by atoms with Crippen LogP contribution in [0.3, 0.4) is 0 Å². The highest BCUT2D eigenvalue weighted by molar-refractivity contribution is 6.03. The average molecular weight is 1530 g/mol. The Bertz CT molecular complexity index is 5000. The summed E-state index contributed by atoms with van der Waals surface area (Å²) in [5, 5.41) is 0. The fourth-order valence-corrected chi connectivity index (χ4v) is 15.3. The number of esters is 6. The van der Waals surface area contributed by atoms with Crippen molar-refractivity contribution >= 4 is 35.8 Å². The van der Waals surface area contributed by atoms with Gasteiger partial charge in [-0.3, -0.25) is 0 Å². The van der Waals surface area contributed by atoms with E-state index in [1.165, 1.54) is 56.9 Å². The molecule has 0 radical (unpaired) electrons. The number of hydrogen-bond donors (Lipinski definition) is 0. The molecule has 0 spiro atoms. The predicted molar refractivity (Wildman–Crippen MR) is 430 cm³/mol. The van der Waals surface area contributed by atoms with Crippen LogP contribution in [0.2, 0.25) is 0 Å². The first-order chi connectivity index (χ1) is 53.9. The van der Waals surface area contributed by atoms with E-state index in [1.54, 1.807) is 111 Å². The molecule has 10 aromatic carbocycles. The zero-order valence-electron chi connectivity index (χ0n) is 68.6. The maximum Gasteiger partial charge on any atom is 0.347 e. The van der Waals surface area contributed by atoms with Gasteiger partial charge in [-0.25, -0.2) is 28.8 Å². The van der Waals surface area contributed by atoms with Gasteiger partial charge in [0, 0.05) is 50.9 Å². The van der Waals surface area contributed by atoms with Crippen molar-refractivity contribution < 1.29 is 95.1 Å². The molecule has 0 amide bonds. The minimum absolute atomic E-state index is 0.00409. The van der Waals surface area contributed by atoms with E-state index < -0.39 is 48.0 Å². The van der Waals surface area contributed by atoms with E-state index in [0.717, 1.165) is 22.3 Å². The van der Waals surface area contributed by atoms with E-state index in [2.05, 4.69) is 0 Å². The standard InChI is InChI=1S/C93H96O20/c1-46-50(5)76(58(13)80(102-19)68(46)88(94)108-74-52(7)48(3)70(82(104-21)56(74)11)90(96)112-86(62-37-29-25-30-38-62)63-39-31-26-32-40-63)110-92(98)72-54(9)66(78(100-17)60(15)84(72)106-23)45-67-55(10)73(85(107-24)61(16)79(67)101-18)93(99)111-77-51(6)47(2)69(81(103-20)59(77)14)89(95)109-75-53(8)49(4)71(83(105-22)57(75)12)91(97)113-87(64-41-33-27-34-42-64)65-43-35-28-36-44-65/h25-44,86-87H,45H2,1-24H3. The maximum absolute atomic E-state index is 15.3. The van der Waals surface area contributed by atoms with Gasteiger partial charge in [-0.05, 0) is 189 Å². The van der Waals surface area contributed by atoms with Crippen molar-refractivity contribution in [1.29, 1.82) is 0 Å². The molecule has 0 unspecified atom stereocenters. The lowest BCUT2D eigenvalue weighted by atomic mass is 9.87. The SMILES string of the molecule is COc1c(C)c(OC)c(C(=O)Oc2c(C)c(C)c(C(=O)Oc3c(C)c(C)c(C(=O)OC(c4ccccc4)c4ccccc4)c(OC)c3C)c(OC)c2C)c(C)c1Cc1c(C)c(C(=O)Oc2c(C)c(C)c(C(=O)Oc3c(C)c(C)c(C(=O)OC(c4ccccc4)c4ccccc4)c(OC)c3C)c(OC)c2C)c(OC)c(C)c1OC. The van der Waals surface area contributed by atoms with Crippen molar-refractivity contribution in [3.05, 3.63) is 277 Å². The highest BCUT2D eigenvalue weighted by atomic mass is 16.6. The second-order valence-corrected chi connectivity index (χ2v) is 27.7. The van der Waals surface area contributed by atoms with Crippen LogP contribution in [0.5, 0.6) is 69.0 Å². The van der Waals surface area contributed by atoms with Gasteiger partial charge in [0.1, 0.15) is 102 Å². The number of benzene rings is 10. The third-order valence-electron chi connectivity index (χ3n) is 21.6. The molecule has 0 N–H and O–H groups in total. The van der Waals surface area contributed by atoms with Crippen LogP contribution >= 0.6 is 0 Å². The summed E-state index contributed by atoms with van der Waals surface area (Å²) in [5.74, 6) is -2.42. The quantitative estimate of drug-likeness (QED) is 0.0362. The molecule has 0 bridgehead atoms. The predicted octanol–water partition coefficient (Wildman–Crippen LogP) is 19.1. The Morgan fingerprint density at radius 1 is 0.212 bits per heavy atom. The minimum Gasteiger partial charge on any atom is -0.496 e. The van der Waals surface area contributed by atoms with E-state index in [4.69, 9.17) is 66.3 Å². The summed E-state index contributed by atoms with van der Waals surface area (Å²) in [6, 6.07) is 37.7. The zero-order chi connectivity index (χ0) is 82.5. The van der Waals surface area contributed by atoms with Crippen molar-refractivity contribution in [3.63, 3.8) is 0 Å². The Balaban J connectivity index is 0.946. The van der Waals surface area contributed by atoms with Crippen molar-refractivity contribution in [1.82, 2.24) is 0 Å².